The number of rotatable bonds is 7. The van der Waals surface area contributed by atoms with Crippen molar-refractivity contribution in [3.05, 3.63) is 11.7 Å². The lowest BCUT2D eigenvalue weighted by atomic mass is 10.0. The first-order valence-corrected chi connectivity index (χ1v) is 6.17. The minimum atomic E-state index is -0.466. The first kappa shape index (κ1) is 14.1. The number of methoxy groups -OCH3 is 1. The molecule has 5 heteroatoms. The summed E-state index contributed by atoms with van der Waals surface area (Å²) < 4.78 is 10.7. The van der Waals surface area contributed by atoms with E-state index in [4.69, 9.17) is 15.0 Å². The van der Waals surface area contributed by atoms with Crippen LogP contribution in [0.15, 0.2) is 4.52 Å². The molecule has 0 aromatic carbocycles. The lowest BCUT2D eigenvalue weighted by Crippen LogP contribution is -2.25. The first-order chi connectivity index (χ1) is 8.09. The highest BCUT2D eigenvalue weighted by atomic mass is 16.5. The topological polar surface area (TPSA) is 74.2 Å². The summed E-state index contributed by atoms with van der Waals surface area (Å²) in [5.74, 6) is 1.66. The average molecular weight is 241 g/mol. The van der Waals surface area contributed by atoms with E-state index in [9.17, 15) is 0 Å². The van der Waals surface area contributed by atoms with Gasteiger partial charge in [-0.3, -0.25) is 0 Å². The maximum absolute atomic E-state index is 5.66. The van der Waals surface area contributed by atoms with Crippen molar-refractivity contribution in [3.63, 3.8) is 0 Å². The van der Waals surface area contributed by atoms with Crippen LogP contribution in [0.25, 0.3) is 0 Å². The largest absolute Gasteiger partial charge is 0.370 e. The van der Waals surface area contributed by atoms with Gasteiger partial charge in [-0.05, 0) is 25.8 Å². The molecule has 0 saturated carbocycles. The van der Waals surface area contributed by atoms with Crippen LogP contribution in [0.5, 0.6) is 0 Å². The molecule has 2 unspecified atom stereocenters. The van der Waals surface area contributed by atoms with Crippen LogP contribution in [0, 0.1) is 5.92 Å². The molecule has 0 aliphatic carbocycles. The molecule has 2 atom stereocenters. The van der Waals surface area contributed by atoms with Crippen LogP contribution < -0.4 is 5.73 Å². The summed E-state index contributed by atoms with van der Waals surface area (Å²) in [5.41, 5.74) is 5.20. The van der Waals surface area contributed by atoms with Gasteiger partial charge in [0.05, 0.1) is 0 Å². The maximum atomic E-state index is 5.66. The van der Waals surface area contributed by atoms with Gasteiger partial charge < -0.3 is 15.0 Å². The fourth-order valence-electron chi connectivity index (χ4n) is 1.59. The standard InChI is InChI=1S/C12H23N3O2/c1-5-9(8-13)7-10-14-11(15-17-10)12(3,6-2)16-4/h9H,5-8,13H2,1-4H3. The van der Waals surface area contributed by atoms with Crippen LogP contribution in [0.2, 0.25) is 0 Å². The zero-order valence-electron chi connectivity index (χ0n) is 11.2. The molecule has 5 nitrogen and oxygen atoms in total. The highest BCUT2D eigenvalue weighted by Gasteiger charge is 2.30. The predicted octanol–water partition coefficient (Wildman–Crippen LogP) is 1.87. The van der Waals surface area contributed by atoms with Gasteiger partial charge in [0, 0.05) is 13.5 Å². The molecule has 1 heterocycles. The molecular weight excluding hydrogens is 218 g/mol. The van der Waals surface area contributed by atoms with Crippen molar-refractivity contribution in [2.45, 2.75) is 45.6 Å². The maximum Gasteiger partial charge on any atom is 0.227 e. The summed E-state index contributed by atoms with van der Waals surface area (Å²) >= 11 is 0. The van der Waals surface area contributed by atoms with Crippen molar-refractivity contribution in [1.29, 1.82) is 0 Å². The minimum Gasteiger partial charge on any atom is -0.370 e. The highest BCUT2D eigenvalue weighted by molar-refractivity contribution is 4.99. The van der Waals surface area contributed by atoms with Crippen LogP contribution >= 0.6 is 0 Å². The van der Waals surface area contributed by atoms with E-state index in [1.165, 1.54) is 0 Å². The monoisotopic (exact) mass is 241 g/mol. The molecular formula is C12H23N3O2. The molecule has 0 spiro atoms. The average Bonchev–Trinajstić information content (AvgIpc) is 2.84. The molecule has 98 valence electrons. The first-order valence-electron chi connectivity index (χ1n) is 6.17. The van der Waals surface area contributed by atoms with Gasteiger partial charge in [0.15, 0.2) is 0 Å². The van der Waals surface area contributed by atoms with Gasteiger partial charge in [-0.2, -0.15) is 4.98 Å². The van der Waals surface area contributed by atoms with Crippen molar-refractivity contribution in [1.82, 2.24) is 10.1 Å². The molecule has 1 rings (SSSR count). The van der Waals surface area contributed by atoms with Crippen LogP contribution in [0.3, 0.4) is 0 Å². The number of nitrogens with zero attached hydrogens (tertiary/aromatic N) is 2. The Morgan fingerprint density at radius 2 is 2.18 bits per heavy atom. The third-order valence-corrected chi connectivity index (χ3v) is 3.44. The molecule has 1 aromatic rings. The Morgan fingerprint density at radius 1 is 1.47 bits per heavy atom. The second-order valence-electron chi connectivity index (χ2n) is 4.51. The zero-order chi connectivity index (χ0) is 12.9. The van der Waals surface area contributed by atoms with E-state index in [1.54, 1.807) is 7.11 Å². The SMILES string of the molecule is CCC(CN)Cc1nc(C(C)(CC)OC)no1. The lowest BCUT2D eigenvalue weighted by Gasteiger charge is -2.21. The molecule has 0 amide bonds. The summed E-state index contributed by atoms with van der Waals surface area (Å²) in [6.45, 7) is 6.75. The molecule has 2 N–H and O–H groups in total. The summed E-state index contributed by atoms with van der Waals surface area (Å²) in [4.78, 5) is 4.40. The second-order valence-corrected chi connectivity index (χ2v) is 4.51. The van der Waals surface area contributed by atoms with Gasteiger partial charge in [0.25, 0.3) is 0 Å². The van der Waals surface area contributed by atoms with E-state index in [2.05, 4.69) is 17.1 Å². The van der Waals surface area contributed by atoms with Gasteiger partial charge in [0.2, 0.25) is 11.7 Å². The van der Waals surface area contributed by atoms with E-state index >= 15 is 0 Å². The lowest BCUT2D eigenvalue weighted by molar-refractivity contribution is -0.0106. The van der Waals surface area contributed by atoms with E-state index in [1.807, 2.05) is 13.8 Å². The van der Waals surface area contributed by atoms with Crippen molar-refractivity contribution < 1.29 is 9.26 Å². The predicted molar refractivity (Wildman–Crippen MR) is 65.5 cm³/mol. The summed E-state index contributed by atoms with van der Waals surface area (Å²) in [6, 6.07) is 0. The highest BCUT2D eigenvalue weighted by Crippen LogP contribution is 2.25. The number of aromatic nitrogens is 2. The van der Waals surface area contributed by atoms with Gasteiger partial charge in [0.1, 0.15) is 5.60 Å². The summed E-state index contributed by atoms with van der Waals surface area (Å²) in [7, 11) is 1.66. The summed E-state index contributed by atoms with van der Waals surface area (Å²) in [6.07, 6.45) is 2.56. The van der Waals surface area contributed by atoms with Crippen molar-refractivity contribution in [3.8, 4) is 0 Å². The smallest absolute Gasteiger partial charge is 0.227 e. The Kier molecular flexibility index (Phi) is 5.08. The third kappa shape index (κ3) is 3.26. The zero-order valence-corrected chi connectivity index (χ0v) is 11.2. The molecule has 0 aliphatic heterocycles. The van der Waals surface area contributed by atoms with Crippen molar-refractivity contribution in [2.24, 2.45) is 11.7 Å². The number of hydrogen-bond donors (Lipinski definition) is 1. The van der Waals surface area contributed by atoms with Gasteiger partial charge in [-0.15, -0.1) is 0 Å². The minimum absolute atomic E-state index is 0.402. The van der Waals surface area contributed by atoms with Crippen LogP contribution in [0.4, 0.5) is 0 Å². The normalized spacial score (nSPS) is 16.8. The van der Waals surface area contributed by atoms with Crippen LogP contribution in [-0.4, -0.2) is 23.8 Å². The van der Waals surface area contributed by atoms with E-state index < -0.39 is 5.60 Å². The quantitative estimate of drug-likeness (QED) is 0.788. The van der Waals surface area contributed by atoms with Crippen LogP contribution in [0.1, 0.15) is 45.3 Å². The molecule has 0 bridgehead atoms. The molecule has 0 fully saturated rings. The molecule has 17 heavy (non-hydrogen) atoms. The van der Waals surface area contributed by atoms with E-state index in [-0.39, 0.29) is 0 Å². The number of hydrogen-bond acceptors (Lipinski definition) is 5. The Labute approximate surface area is 103 Å². The Morgan fingerprint density at radius 3 is 2.65 bits per heavy atom. The fraction of sp³-hybridized carbons (Fsp3) is 0.833. The molecule has 1 aromatic heterocycles. The van der Waals surface area contributed by atoms with Gasteiger partial charge in [-0.25, -0.2) is 0 Å². The van der Waals surface area contributed by atoms with Crippen molar-refractivity contribution in [2.75, 3.05) is 13.7 Å². The van der Waals surface area contributed by atoms with Gasteiger partial charge in [-0.1, -0.05) is 25.4 Å². The number of nitrogens with two attached hydrogens (primary N) is 1. The molecule has 0 aliphatic rings. The van der Waals surface area contributed by atoms with Crippen LogP contribution in [-0.2, 0) is 16.8 Å². The Hall–Kier alpha value is -0.940. The van der Waals surface area contributed by atoms with Crippen molar-refractivity contribution >= 4 is 0 Å². The van der Waals surface area contributed by atoms with E-state index in [0.717, 1.165) is 19.3 Å². The van der Waals surface area contributed by atoms with E-state index in [0.29, 0.717) is 24.2 Å². The Bertz CT molecular complexity index is 330. The molecule has 0 saturated heterocycles. The third-order valence-electron chi connectivity index (χ3n) is 3.44. The number of ether oxygens (including phenoxy) is 1. The Balaban J connectivity index is 2.77. The molecule has 0 radical (unpaired) electrons. The summed E-state index contributed by atoms with van der Waals surface area (Å²) in [5, 5.41) is 4.00. The van der Waals surface area contributed by atoms with Gasteiger partial charge >= 0.3 is 0 Å². The second kappa shape index (κ2) is 6.12. The fourth-order valence-corrected chi connectivity index (χ4v) is 1.59.